The molecule has 2 aromatic rings. The first-order valence-corrected chi connectivity index (χ1v) is 5.77. The fourth-order valence-corrected chi connectivity index (χ4v) is 1.92. The van der Waals surface area contributed by atoms with E-state index in [0.29, 0.717) is 6.54 Å². The number of nitrogens with zero attached hydrogens (tertiary/aromatic N) is 1. The van der Waals surface area contributed by atoms with E-state index in [0.717, 1.165) is 5.56 Å². The van der Waals surface area contributed by atoms with Gasteiger partial charge in [0.2, 0.25) is 0 Å². The quantitative estimate of drug-likeness (QED) is 0.733. The van der Waals surface area contributed by atoms with E-state index < -0.39 is 0 Å². The van der Waals surface area contributed by atoms with Gasteiger partial charge in [0.25, 0.3) is 0 Å². The minimum Gasteiger partial charge on any atom is -0.299 e. The third-order valence-corrected chi connectivity index (χ3v) is 2.86. The van der Waals surface area contributed by atoms with Gasteiger partial charge in [0.15, 0.2) is 18.9 Å². The molecule has 0 aliphatic heterocycles. The summed E-state index contributed by atoms with van der Waals surface area (Å²) in [5.41, 5.74) is 1.08. The van der Waals surface area contributed by atoms with E-state index >= 15 is 0 Å². The van der Waals surface area contributed by atoms with E-state index in [9.17, 15) is 4.79 Å². The zero-order chi connectivity index (χ0) is 12.1. The summed E-state index contributed by atoms with van der Waals surface area (Å²) in [7, 11) is 0. The van der Waals surface area contributed by atoms with Gasteiger partial charge in [0.1, 0.15) is 11.7 Å². The van der Waals surface area contributed by atoms with Crippen LogP contribution in [0.25, 0.3) is 0 Å². The first-order valence-electron chi connectivity index (χ1n) is 5.77. The molecule has 0 saturated heterocycles. The molecule has 0 bridgehead atoms. The monoisotopic (exact) mass is 226 g/mol. The number of Topliss-reactive ketones (excluding diaryl/α,β-unsaturated/α-hetero) is 1. The van der Waals surface area contributed by atoms with Crippen molar-refractivity contribution in [2.24, 2.45) is 0 Å². The zero-order valence-corrected chi connectivity index (χ0v) is 9.91. The average Bonchev–Trinajstić information content (AvgIpc) is 2.38. The van der Waals surface area contributed by atoms with Gasteiger partial charge >= 0.3 is 0 Å². The molecular weight excluding hydrogens is 210 g/mol. The second-order valence-electron chi connectivity index (χ2n) is 4.15. The summed E-state index contributed by atoms with van der Waals surface area (Å²) in [4.78, 5) is 11.7. The SMILES string of the molecule is CC(=O)C(C[n+]1ccccc1)c1ccccc1. The third-order valence-electron chi connectivity index (χ3n) is 2.86. The van der Waals surface area contributed by atoms with Gasteiger partial charge in [-0.25, -0.2) is 4.57 Å². The maximum atomic E-state index is 11.7. The van der Waals surface area contributed by atoms with Crippen LogP contribution >= 0.6 is 0 Å². The molecule has 86 valence electrons. The molecule has 1 atom stereocenters. The number of rotatable bonds is 4. The molecule has 2 nitrogen and oxygen atoms in total. The fraction of sp³-hybridized carbons (Fsp3) is 0.200. The van der Waals surface area contributed by atoms with Gasteiger partial charge in [0.05, 0.1) is 0 Å². The zero-order valence-electron chi connectivity index (χ0n) is 9.91. The van der Waals surface area contributed by atoms with Crippen molar-refractivity contribution in [3.8, 4) is 0 Å². The van der Waals surface area contributed by atoms with Crippen molar-refractivity contribution in [2.45, 2.75) is 19.4 Å². The minimum atomic E-state index is -0.0661. The molecule has 2 rings (SSSR count). The molecule has 0 fully saturated rings. The fourth-order valence-electron chi connectivity index (χ4n) is 1.92. The van der Waals surface area contributed by atoms with Gasteiger partial charge < -0.3 is 0 Å². The topological polar surface area (TPSA) is 20.9 Å². The Hall–Kier alpha value is -1.96. The molecule has 2 heteroatoms. The molecule has 1 aromatic carbocycles. The van der Waals surface area contributed by atoms with Gasteiger partial charge in [-0.3, -0.25) is 4.79 Å². The van der Waals surface area contributed by atoms with E-state index in [1.54, 1.807) is 6.92 Å². The average molecular weight is 226 g/mol. The molecule has 0 amide bonds. The molecule has 0 saturated carbocycles. The van der Waals surface area contributed by atoms with Gasteiger partial charge in [-0.1, -0.05) is 36.4 Å². The van der Waals surface area contributed by atoms with Crippen LogP contribution in [-0.4, -0.2) is 5.78 Å². The molecule has 17 heavy (non-hydrogen) atoms. The van der Waals surface area contributed by atoms with Crippen molar-refractivity contribution in [1.29, 1.82) is 0 Å². The second kappa shape index (κ2) is 5.39. The van der Waals surface area contributed by atoms with Crippen LogP contribution in [0.5, 0.6) is 0 Å². The Bertz CT molecular complexity index is 479. The van der Waals surface area contributed by atoms with Crippen LogP contribution in [0.3, 0.4) is 0 Å². The van der Waals surface area contributed by atoms with Gasteiger partial charge in [0, 0.05) is 12.1 Å². The van der Waals surface area contributed by atoms with Gasteiger partial charge in [-0.2, -0.15) is 0 Å². The number of ketones is 1. The Morgan fingerprint density at radius 1 is 1.06 bits per heavy atom. The highest BCUT2D eigenvalue weighted by Gasteiger charge is 2.20. The Labute approximate surface area is 102 Å². The summed E-state index contributed by atoms with van der Waals surface area (Å²) >= 11 is 0. The van der Waals surface area contributed by atoms with E-state index in [1.807, 2.05) is 65.5 Å². The van der Waals surface area contributed by atoms with E-state index in [4.69, 9.17) is 0 Å². The number of carbonyl (C=O) groups excluding carboxylic acids is 1. The van der Waals surface area contributed by atoms with Crippen LogP contribution in [0.1, 0.15) is 18.4 Å². The summed E-state index contributed by atoms with van der Waals surface area (Å²) < 4.78 is 2.04. The highest BCUT2D eigenvalue weighted by molar-refractivity contribution is 5.83. The predicted octanol–water partition coefficient (Wildman–Crippen LogP) is 2.35. The molecule has 0 spiro atoms. The summed E-state index contributed by atoms with van der Waals surface area (Å²) in [6, 6.07) is 15.9. The molecule has 1 unspecified atom stereocenters. The lowest BCUT2D eigenvalue weighted by Gasteiger charge is -2.10. The van der Waals surface area contributed by atoms with Gasteiger partial charge in [-0.05, 0) is 12.5 Å². The maximum Gasteiger partial charge on any atom is 0.168 e. The maximum absolute atomic E-state index is 11.7. The Morgan fingerprint density at radius 3 is 2.24 bits per heavy atom. The largest absolute Gasteiger partial charge is 0.299 e. The highest BCUT2D eigenvalue weighted by Crippen LogP contribution is 2.16. The minimum absolute atomic E-state index is 0.0661. The van der Waals surface area contributed by atoms with Crippen molar-refractivity contribution in [3.63, 3.8) is 0 Å². The number of hydrogen-bond donors (Lipinski definition) is 0. The van der Waals surface area contributed by atoms with Crippen molar-refractivity contribution < 1.29 is 9.36 Å². The van der Waals surface area contributed by atoms with Crippen LogP contribution in [0.4, 0.5) is 0 Å². The van der Waals surface area contributed by atoms with Crippen molar-refractivity contribution in [2.75, 3.05) is 0 Å². The molecule has 0 radical (unpaired) electrons. The number of aromatic nitrogens is 1. The highest BCUT2D eigenvalue weighted by atomic mass is 16.1. The molecule has 0 aliphatic carbocycles. The standard InChI is InChI=1S/C15H16NO/c1-13(17)15(14-8-4-2-5-9-14)12-16-10-6-3-7-11-16/h2-11,15H,12H2,1H3/q+1. The second-order valence-corrected chi connectivity index (χ2v) is 4.15. The van der Waals surface area contributed by atoms with Crippen molar-refractivity contribution in [3.05, 3.63) is 66.5 Å². The van der Waals surface area contributed by atoms with E-state index in [1.165, 1.54) is 0 Å². The van der Waals surface area contributed by atoms with Crippen LogP contribution < -0.4 is 4.57 Å². The predicted molar refractivity (Wildman–Crippen MR) is 66.5 cm³/mol. The lowest BCUT2D eigenvalue weighted by Crippen LogP contribution is -2.37. The number of benzene rings is 1. The third kappa shape index (κ3) is 3.00. The Morgan fingerprint density at radius 2 is 1.65 bits per heavy atom. The van der Waals surface area contributed by atoms with Crippen molar-refractivity contribution >= 4 is 5.78 Å². The molecule has 0 aliphatic rings. The van der Waals surface area contributed by atoms with Crippen molar-refractivity contribution in [1.82, 2.24) is 0 Å². The smallest absolute Gasteiger partial charge is 0.168 e. The summed E-state index contributed by atoms with van der Waals surface area (Å²) in [6.07, 6.45) is 3.97. The Kier molecular flexibility index (Phi) is 3.66. The molecule has 1 heterocycles. The van der Waals surface area contributed by atoms with Gasteiger partial charge in [-0.15, -0.1) is 0 Å². The first-order chi connectivity index (χ1) is 8.27. The van der Waals surface area contributed by atoms with E-state index in [2.05, 4.69) is 0 Å². The van der Waals surface area contributed by atoms with Crippen LogP contribution in [0.2, 0.25) is 0 Å². The first kappa shape index (κ1) is 11.5. The summed E-state index contributed by atoms with van der Waals surface area (Å²) in [5, 5.41) is 0. The molecule has 1 aromatic heterocycles. The lowest BCUT2D eigenvalue weighted by atomic mass is 9.95. The van der Waals surface area contributed by atoms with E-state index in [-0.39, 0.29) is 11.7 Å². The van der Waals surface area contributed by atoms with Crippen LogP contribution in [-0.2, 0) is 11.3 Å². The lowest BCUT2D eigenvalue weighted by molar-refractivity contribution is -0.698. The Balaban J connectivity index is 2.23. The summed E-state index contributed by atoms with van der Waals surface area (Å²) in [5.74, 6) is 0.135. The van der Waals surface area contributed by atoms with Crippen LogP contribution in [0.15, 0.2) is 60.9 Å². The number of pyridine rings is 1. The summed E-state index contributed by atoms with van der Waals surface area (Å²) in [6.45, 7) is 2.35. The normalized spacial score (nSPS) is 12.1. The van der Waals surface area contributed by atoms with Crippen LogP contribution in [0, 0.1) is 0 Å². The molecular formula is C15H16NO+. The number of hydrogen-bond acceptors (Lipinski definition) is 1. The number of carbonyl (C=O) groups is 1. The molecule has 0 N–H and O–H groups in total.